The number of carbonyl (C=O) groups excluding carboxylic acids is 1. The van der Waals surface area contributed by atoms with Gasteiger partial charge in [0.2, 0.25) is 16.0 Å². The zero-order chi connectivity index (χ0) is 22.1. The molecule has 5 rings (SSSR count). The minimum Gasteiger partial charge on any atom is -0.352 e. The molecule has 0 saturated carbocycles. The fourth-order valence-electron chi connectivity index (χ4n) is 4.01. The van der Waals surface area contributed by atoms with Crippen LogP contribution in [0.3, 0.4) is 0 Å². The third-order valence-corrected chi connectivity index (χ3v) is 7.21. The van der Waals surface area contributed by atoms with Gasteiger partial charge in [-0.1, -0.05) is 71.0 Å². The number of aromatic nitrogens is 3. The van der Waals surface area contributed by atoms with Gasteiger partial charge >= 0.3 is 0 Å². The minimum atomic E-state index is -0.0643. The Hall–Kier alpha value is -2.90. The number of benzene rings is 2. The van der Waals surface area contributed by atoms with E-state index in [2.05, 4.69) is 41.4 Å². The highest BCUT2D eigenvalue weighted by Gasteiger charge is 2.28. The number of hydrogen-bond donors (Lipinski definition) is 1. The number of hydrogen-bond acceptors (Lipinski definition) is 5. The minimum absolute atomic E-state index is 0.0643. The lowest BCUT2D eigenvalue weighted by atomic mass is 9.97. The summed E-state index contributed by atoms with van der Waals surface area (Å²) in [5, 5.41) is 9.38. The number of nitrogens with one attached hydrogen (secondary N) is 1. The molecule has 1 saturated heterocycles. The maximum absolute atomic E-state index is 12.8. The van der Waals surface area contributed by atoms with Crippen LogP contribution in [-0.4, -0.2) is 33.6 Å². The van der Waals surface area contributed by atoms with E-state index in [4.69, 9.17) is 21.7 Å². The number of imidazole rings is 1. The van der Waals surface area contributed by atoms with Gasteiger partial charge in [0.05, 0.1) is 17.8 Å². The van der Waals surface area contributed by atoms with Crippen LogP contribution in [-0.2, 0) is 11.3 Å². The van der Waals surface area contributed by atoms with Gasteiger partial charge < -0.3 is 10.2 Å². The predicted octanol–water partition coefficient (Wildman–Crippen LogP) is 4.95. The number of nitrogens with zero attached hydrogens (tertiary/aromatic N) is 4. The van der Waals surface area contributed by atoms with Crippen LogP contribution in [0.25, 0.3) is 16.2 Å². The van der Waals surface area contributed by atoms with Gasteiger partial charge in [0.1, 0.15) is 0 Å². The SMILES string of the molecule is Cc1ccc(-c2cn3nc(N4CCC[C@@H](C(=O)NCc5ccccc5Cl)C4)sc3n2)cc1. The van der Waals surface area contributed by atoms with Crippen molar-refractivity contribution >= 4 is 38.9 Å². The van der Waals surface area contributed by atoms with Crippen molar-refractivity contribution < 1.29 is 4.79 Å². The van der Waals surface area contributed by atoms with E-state index in [1.54, 1.807) is 11.3 Å². The first-order chi connectivity index (χ1) is 15.6. The highest BCUT2D eigenvalue weighted by Crippen LogP contribution is 2.30. The van der Waals surface area contributed by atoms with Crippen molar-refractivity contribution in [2.45, 2.75) is 26.3 Å². The Labute approximate surface area is 195 Å². The number of halogens is 1. The fraction of sp³-hybridized carbons (Fsp3) is 0.292. The summed E-state index contributed by atoms with van der Waals surface area (Å²) in [7, 11) is 0. The standard InChI is InChI=1S/C24H24ClN5OS/c1-16-8-10-17(11-9-16)21-15-30-23(27-21)32-24(28-30)29-12-4-6-19(14-29)22(31)26-13-18-5-2-3-7-20(18)25/h2-3,5,7-11,15,19H,4,6,12-14H2,1H3,(H,26,31)/t19-/m1/s1. The van der Waals surface area contributed by atoms with Crippen molar-refractivity contribution in [1.29, 1.82) is 0 Å². The van der Waals surface area contributed by atoms with E-state index in [9.17, 15) is 4.79 Å². The number of anilines is 1. The maximum atomic E-state index is 12.8. The van der Waals surface area contributed by atoms with Gasteiger partial charge in [-0.3, -0.25) is 4.79 Å². The summed E-state index contributed by atoms with van der Waals surface area (Å²) in [5.41, 5.74) is 4.17. The van der Waals surface area contributed by atoms with E-state index >= 15 is 0 Å². The second kappa shape index (κ2) is 8.92. The molecule has 1 N–H and O–H groups in total. The molecule has 0 aliphatic carbocycles. The van der Waals surface area contributed by atoms with Crippen LogP contribution in [0, 0.1) is 12.8 Å². The van der Waals surface area contributed by atoms with E-state index in [-0.39, 0.29) is 11.8 Å². The third-order valence-electron chi connectivity index (χ3n) is 5.85. The van der Waals surface area contributed by atoms with Crippen molar-refractivity contribution in [2.75, 3.05) is 18.0 Å². The Kier molecular flexibility index (Phi) is 5.85. The zero-order valence-corrected chi connectivity index (χ0v) is 19.4. The Morgan fingerprint density at radius 1 is 1.22 bits per heavy atom. The lowest BCUT2D eigenvalue weighted by Gasteiger charge is -2.31. The summed E-state index contributed by atoms with van der Waals surface area (Å²) in [6.07, 6.45) is 3.81. The average Bonchev–Trinajstić information content (AvgIpc) is 3.39. The van der Waals surface area contributed by atoms with Crippen LogP contribution in [0.4, 0.5) is 5.13 Å². The lowest BCUT2D eigenvalue weighted by molar-refractivity contribution is -0.125. The van der Waals surface area contributed by atoms with Crippen molar-refractivity contribution in [2.24, 2.45) is 5.92 Å². The number of amides is 1. The Balaban J connectivity index is 1.25. The molecule has 2 aromatic heterocycles. The molecular formula is C24H24ClN5OS. The summed E-state index contributed by atoms with van der Waals surface area (Å²) < 4.78 is 1.84. The molecule has 0 bridgehead atoms. The molecule has 6 nitrogen and oxygen atoms in total. The summed E-state index contributed by atoms with van der Waals surface area (Å²) in [6.45, 7) is 4.08. The number of piperidine rings is 1. The molecule has 1 atom stereocenters. The largest absolute Gasteiger partial charge is 0.352 e. The second-order valence-corrected chi connectivity index (χ2v) is 9.54. The molecule has 1 aliphatic rings. The Morgan fingerprint density at radius 2 is 2.03 bits per heavy atom. The van der Waals surface area contributed by atoms with Crippen LogP contribution in [0.2, 0.25) is 5.02 Å². The Bertz CT molecular complexity index is 1220. The van der Waals surface area contributed by atoms with Crippen molar-refractivity contribution in [3.05, 3.63) is 70.9 Å². The molecule has 164 valence electrons. The summed E-state index contributed by atoms with van der Waals surface area (Å²) in [6, 6.07) is 15.9. The molecular weight excluding hydrogens is 442 g/mol. The number of aryl methyl sites for hydroxylation is 1. The van der Waals surface area contributed by atoms with Gasteiger partial charge in [0, 0.05) is 30.2 Å². The van der Waals surface area contributed by atoms with Gasteiger partial charge in [0.15, 0.2) is 0 Å². The third kappa shape index (κ3) is 4.36. The van der Waals surface area contributed by atoms with Crippen molar-refractivity contribution in [3.8, 4) is 11.3 Å². The maximum Gasteiger partial charge on any atom is 0.225 e. The fourth-order valence-corrected chi connectivity index (χ4v) is 5.13. The predicted molar refractivity (Wildman–Crippen MR) is 129 cm³/mol. The van der Waals surface area contributed by atoms with Crippen molar-refractivity contribution in [3.63, 3.8) is 0 Å². The molecule has 4 aromatic rings. The summed E-state index contributed by atoms with van der Waals surface area (Å²) in [4.78, 5) is 20.6. The van der Waals surface area contributed by atoms with E-state index in [1.807, 2.05) is 35.0 Å². The molecule has 1 amide bonds. The average molecular weight is 466 g/mol. The van der Waals surface area contributed by atoms with Crippen LogP contribution in [0.1, 0.15) is 24.0 Å². The van der Waals surface area contributed by atoms with Crippen LogP contribution in [0.5, 0.6) is 0 Å². The number of rotatable bonds is 5. The van der Waals surface area contributed by atoms with Gasteiger partial charge in [0.25, 0.3) is 0 Å². The topological polar surface area (TPSA) is 62.5 Å². The molecule has 8 heteroatoms. The molecule has 1 aliphatic heterocycles. The molecule has 2 aromatic carbocycles. The van der Waals surface area contributed by atoms with Crippen LogP contribution >= 0.6 is 22.9 Å². The monoisotopic (exact) mass is 465 g/mol. The first-order valence-electron chi connectivity index (χ1n) is 10.8. The molecule has 0 radical (unpaired) electrons. The van der Waals surface area contributed by atoms with E-state index < -0.39 is 0 Å². The van der Waals surface area contributed by atoms with Crippen molar-refractivity contribution in [1.82, 2.24) is 19.9 Å². The normalized spacial score (nSPS) is 16.4. The molecule has 0 spiro atoms. The smallest absolute Gasteiger partial charge is 0.225 e. The summed E-state index contributed by atoms with van der Waals surface area (Å²) >= 11 is 7.77. The van der Waals surface area contributed by atoms with E-state index in [0.717, 1.165) is 46.3 Å². The summed E-state index contributed by atoms with van der Waals surface area (Å²) in [5.74, 6) is 0.00295. The Morgan fingerprint density at radius 3 is 2.81 bits per heavy atom. The van der Waals surface area contributed by atoms with Gasteiger partial charge in [-0.25, -0.2) is 9.50 Å². The molecule has 3 heterocycles. The van der Waals surface area contributed by atoms with Gasteiger partial charge in [-0.05, 0) is 31.4 Å². The highest BCUT2D eigenvalue weighted by atomic mass is 35.5. The number of carbonyl (C=O) groups is 1. The molecule has 0 unspecified atom stereocenters. The highest BCUT2D eigenvalue weighted by molar-refractivity contribution is 7.20. The lowest BCUT2D eigenvalue weighted by Crippen LogP contribution is -2.43. The van der Waals surface area contributed by atoms with Gasteiger partial charge in [-0.15, -0.1) is 5.10 Å². The van der Waals surface area contributed by atoms with E-state index in [1.165, 1.54) is 5.56 Å². The number of fused-ring (bicyclic) bond motifs is 1. The zero-order valence-electron chi connectivity index (χ0n) is 17.8. The van der Waals surface area contributed by atoms with Gasteiger partial charge in [-0.2, -0.15) is 0 Å². The van der Waals surface area contributed by atoms with Crippen LogP contribution < -0.4 is 10.2 Å². The molecule has 1 fully saturated rings. The first kappa shape index (κ1) is 21.0. The quantitative estimate of drug-likeness (QED) is 0.453. The molecule has 32 heavy (non-hydrogen) atoms. The second-order valence-electron chi connectivity index (χ2n) is 8.20. The first-order valence-corrected chi connectivity index (χ1v) is 12.0. The van der Waals surface area contributed by atoms with E-state index in [0.29, 0.717) is 18.1 Å². The van der Waals surface area contributed by atoms with Crippen LogP contribution in [0.15, 0.2) is 54.7 Å².